The topological polar surface area (TPSA) is 33.7 Å². The van der Waals surface area contributed by atoms with Crippen molar-refractivity contribution in [2.24, 2.45) is 7.05 Å². The van der Waals surface area contributed by atoms with Crippen LogP contribution in [-0.4, -0.2) is 15.3 Å². The van der Waals surface area contributed by atoms with E-state index in [2.05, 4.69) is 162 Å². The van der Waals surface area contributed by atoms with Crippen LogP contribution in [0, 0.1) is 5.41 Å². The smallest absolute Gasteiger partial charge is 0.0541 e. The summed E-state index contributed by atoms with van der Waals surface area (Å²) < 4.78 is 4.67. The summed E-state index contributed by atoms with van der Waals surface area (Å²) in [6, 6.07) is 62.8. The van der Waals surface area contributed by atoms with Gasteiger partial charge in [0.05, 0.1) is 11.0 Å². The van der Waals surface area contributed by atoms with E-state index in [1.54, 1.807) is 0 Å². The molecule has 8 aromatic carbocycles. The highest BCUT2D eigenvalue weighted by Gasteiger charge is 2.23. The zero-order valence-electron chi connectivity index (χ0n) is 30.5. The van der Waals surface area contributed by atoms with E-state index in [0.717, 1.165) is 22.3 Å². The second-order valence-electron chi connectivity index (χ2n) is 14.2. The van der Waals surface area contributed by atoms with Crippen molar-refractivity contribution in [3.8, 4) is 27.9 Å². The lowest BCUT2D eigenvalue weighted by atomic mass is 9.93. The molecule has 2 aromatic heterocycles. The minimum atomic E-state index is 0.938. The minimum absolute atomic E-state index is 0.938. The predicted molar refractivity (Wildman–Crippen MR) is 235 cm³/mol. The fraction of sp³-hybridized carbons (Fsp3) is 0.0192. The molecular formula is C52H37N3. The molecule has 2 heterocycles. The number of fused-ring (bicyclic) bond motifs is 6. The molecule has 1 N–H and O–H groups in total. The minimum Gasteiger partial charge on any atom is -0.344 e. The number of allylic oxidation sites excluding steroid dienone is 3. The fourth-order valence-electron chi connectivity index (χ4n) is 8.73. The van der Waals surface area contributed by atoms with Gasteiger partial charge in [0, 0.05) is 57.1 Å². The molecule has 11 rings (SSSR count). The van der Waals surface area contributed by atoms with Crippen molar-refractivity contribution < 1.29 is 0 Å². The van der Waals surface area contributed by atoms with Gasteiger partial charge in [0.1, 0.15) is 0 Å². The molecule has 1 aliphatic carbocycles. The van der Waals surface area contributed by atoms with Gasteiger partial charge in [-0.1, -0.05) is 134 Å². The molecular weight excluding hydrogens is 667 g/mol. The second-order valence-corrected chi connectivity index (χ2v) is 14.2. The highest BCUT2D eigenvalue weighted by molar-refractivity contribution is 6.31. The zero-order valence-corrected chi connectivity index (χ0v) is 30.5. The summed E-state index contributed by atoms with van der Waals surface area (Å²) in [6.45, 7) is 4.06. The first-order valence-electron chi connectivity index (χ1n) is 18.7. The fourth-order valence-corrected chi connectivity index (χ4v) is 8.73. The van der Waals surface area contributed by atoms with Gasteiger partial charge < -0.3 is 14.5 Å². The van der Waals surface area contributed by atoms with Crippen molar-refractivity contribution in [1.82, 2.24) is 9.13 Å². The van der Waals surface area contributed by atoms with Gasteiger partial charge >= 0.3 is 0 Å². The van der Waals surface area contributed by atoms with Gasteiger partial charge in [-0.05, 0) is 104 Å². The van der Waals surface area contributed by atoms with E-state index < -0.39 is 0 Å². The van der Waals surface area contributed by atoms with Crippen LogP contribution in [0.2, 0.25) is 0 Å². The van der Waals surface area contributed by atoms with Gasteiger partial charge in [-0.25, -0.2) is 0 Å². The van der Waals surface area contributed by atoms with E-state index >= 15 is 0 Å². The van der Waals surface area contributed by atoms with Crippen molar-refractivity contribution in [2.75, 3.05) is 0 Å². The number of benzene rings is 8. The third kappa shape index (κ3) is 5.09. The second kappa shape index (κ2) is 13.0. The first kappa shape index (κ1) is 32.4. The van der Waals surface area contributed by atoms with E-state index in [9.17, 15) is 0 Å². The average molecular weight is 704 g/mol. The van der Waals surface area contributed by atoms with E-state index in [1.807, 2.05) is 42.5 Å². The Balaban J connectivity index is 0.000000570. The molecule has 0 saturated carbocycles. The van der Waals surface area contributed by atoms with Crippen LogP contribution in [0.3, 0.4) is 0 Å². The molecule has 0 bridgehead atoms. The Morgan fingerprint density at radius 3 is 1.62 bits per heavy atom. The molecule has 10 aromatic rings. The number of rotatable bonds is 5. The Hall–Kier alpha value is -7.23. The molecule has 3 nitrogen and oxygen atoms in total. The maximum Gasteiger partial charge on any atom is 0.0541 e. The van der Waals surface area contributed by atoms with Crippen molar-refractivity contribution in [3.05, 3.63) is 200 Å². The van der Waals surface area contributed by atoms with E-state index in [4.69, 9.17) is 5.41 Å². The van der Waals surface area contributed by atoms with Crippen molar-refractivity contribution in [1.29, 1.82) is 5.41 Å². The van der Waals surface area contributed by atoms with Gasteiger partial charge in [-0.3, -0.25) is 0 Å². The van der Waals surface area contributed by atoms with Crippen LogP contribution < -0.4 is 0 Å². The summed E-state index contributed by atoms with van der Waals surface area (Å²) in [5, 5.41) is 15.5. The predicted octanol–water partition coefficient (Wildman–Crippen LogP) is 13.7. The number of nitrogens with one attached hydrogen (secondary N) is 1. The molecule has 0 saturated heterocycles. The summed E-state index contributed by atoms with van der Waals surface area (Å²) in [4.78, 5) is 0. The molecule has 0 spiro atoms. The number of nitrogens with zero attached hydrogens (tertiary/aromatic N) is 2. The van der Waals surface area contributed by atoms with Gasteiger partial charge in [0.25, 0.3) is 0 Å². The van der Waals surface area contributed by atoms with Crippen LogP contribution in [0.5, 0.6) is 0 Å². The number of hydrogen-bond donors (Lipinski definition) is 1. The molecule has 260 valence electrons. The Morgan fingerprint density at radius 2 is 0.945 bits per heavy atom. The largest absolute Gasteiger partial charge is 0.344 e. The highest BCUT2D eigenvalue weighted by Crippen LogP contribution is 2.45. The Labute approximate surface area is 319 Å². The molecule has 3 heteroatoms. The van der Waals surface area contributed by atoms with Crippen LogP contribution in [0.1, 0.15) is 11.1 Å². The molecule has 0 radical (unpaired) electrons. The first-order valence-corrected chi connectivity index (χ1v) is 18.7. The van der Waals surface area contributed by atoms with Crippen LogP contribution in [-0.2, 0) is 7.05 Å². The van der Waals surface area contributed by atoms with Gasteiger partial charge in [0.15, 0.2) is 0 Å². The standard InChI is InChI=1S/C46H31N3.C6H6/c1-3-32-37-20-19-33(35-13-9-14-36(46(35)37)41(32)27-47)30-18-22-43-40(26-30)39-25-28(16-21-42(39)48(43)2)29-17-23-45-38(24-29)34-12-7-8-15-44(34)49(45)31-10-5-4-6-11-31;1-2-4-6-5-3-1/h3-27,47H,1H2,2H3;1-6H. The van der Waals surface area contributed by atoms with E-state index in [1.165, 1.54) is 88.5 Å². The van der Waals surface area contributed by atoms with Gasteiger partial charge in [-0.2, -0.15) is 0 Å². The normalized spacial score (nSPS) is 12.2. The lowest BCUT2D eigenvalue weighted by Gasteiger charge is -2.11. The molecule has 0 aliphatic heterocycles. The van der Waals surface area contributed by atoms with Crippen LogP contribution in [0.25, 0.3) is 93.5 Å². The summed E-state index contributed by atoms with van der Waals surface area (Å²) in [5.74, 6) is 0. The first-order chi connectivity index (χ1) is 27.1. The Bertz CT molecular complexity index is 3130. The van der Waals surface area contributed by atoms with Crippen molar-refractivity contribution in [2.45, 2.75) is 0 Å². The monoisotopic (exact) mass is 703 g/mol. The summed E-state index contributed by atoms with van der Waals surface area (Å²) in [6.07, 6.45) is 3.35. The molecule has 0 amide bonds. The SMILES string of the molecule is C=CC1=C(C=N)c2cccc3c(-c4ccc5c(c4)c4cc(-c6ccc7c(c6)c6ccccc6n7-c6ccccc6)ccc4n5C)ccc1c23.c1ccccc1. The van der Waals surface area contributed by atoms with E-state index in [0.29, 0.717) is 0 Å². The van der Waals surface area contributed by atoms with Crippen LogP contribution in [0.4, 0.5) is 0 Å². The summed E-state index contributed by atoms with van der Waals surface area (Å²) in [5.41, 5.74) is 15.1. The number of aryl methyl sites for hydroxylation is 1. The Kier molecular flexibility index (Phi) is 7.67. The lowest BCUT2D eigenvalue weighted by molar-refractivity contribution is 1.01. The third-order valence-electron chi connectivity index (χ3n) is 11.3. The quantitative estimate of drug-likeness (QED) is 0.173. The number of aromatic nitrogens is 2. The molecule has 0 unspecified atom stereocenters. The van der Waals surface area contributed by atoms with Crippen LogP contribution >= 0.6 is 0 Å². The van der Waals surface area contributed by atoms with Gasteiger partial charge in [0.2, 0.25) is 0 Å². The molecule has 55 heavy (non-hydrogen) atoms. The van der Waals surface area contributed by atoms with Crippen molar-refractivity contribution in [3.63, 3.8) is 0 Å². The van der Waals surface area contributed by atoms with Gasteiger partial charge in [-0.15, -0.1) is 0 Å². The van der Waals surface area contributed by atoms with Crippen LogP contribution in [0.15, 0.2) is 189 Å². The molecule has 0 fully saturated rings. The van der Waals surface area contributed by atoms with E-state index in [-0.39, 0.29) is 0 Å². The third-order valence-corrected chi connectivity index (χ3v) is 11.3. The van der Waals surface area contributed by atoms with Crippen molar-refractivity contribution >= 4 is 71.7 Å². The molecule has 1 aliphatic rings. The maximum atomic E-state index is 8.12. The number of para-hydroxylation sites is 2. The maximum absolute atomic E-state index is 8.12. The lowest BCUT2D eigenvalue weighted by Crippen LogP contribution is -1.92. The Morgan fingerprint density at radius 1 is 0.436 bits per heavy atom. The highest BCUT2D eigenvalue weighted by atomic mass is 15.0. The summed E-state index contributed by atoms with van der Waals surface area (Å²) >= 11 is 0. The molecule has 0 atom stereocenters. The summed E-state index contributed by atoms with van der Waals surface area (Å²) in [7, 11) is 2.16. The number of hydrogen-bond acceptors (Lipinski definition) is 1. The zero-order chi connectivity index (χ0) is 37.0. The average Bonchev–Trinajstić information content (AvgIpc) is 3.86.